The first-order valence-electron chi connectivity index (χ1n) is 5.11. The minimum absolute atomic E-state index is 0.131. The average Bonchev–Trinajstić information content (AvgIpc) is 2.09. The van der Waals surface area contributed by atoms with Gasteiger partial charge in [0.15, 0.2) is 0 Å². The molecule has 0 aliphatic rings. The van der Waals surface area contributed by atoms with E-state index in [1.807, 2.05) is 0 Å². The molecule has 0 amide bonds. The van der Waals surface area contributed by atoms with Crippen molar-refractivity contribution in [3.8, 4) is 0 Å². The molecular weight excluding hydrogens is 258 g/mol. The van der Waals surface area contributed by atoms with E-state index in [0.29, 0.717) is 4.45 Å². The third-order valence-corrected chi connectivity index (χ3v) is 8.99. The lowest BCUT2D eigenvalue weighted by molar-refractivity contribution is 0.600. The molecule has 0 aromatic heterocycles. The highest BCUT2D eigenvalue weighted by Crippen LogP contribution is 2.25. The second-order valence-corrected chi connectivity index (χ2v) is 11.9. The lowest BCUT2D eigenvalue weighted by atomic mass is 10.1. The molecule has 0 fully saturated rings. The summed E-state index contributed by atoms with van der Waals surface area (Å²) >= 11 is 3.69. The maximum Gasteiger partial charge on any atom is 0.0600 e. The molecule has 82 valence electrons. The first kappa shape index (κ1) is 14.0. The van der Waals surface area contributed by atoms with Crippen molar-refractivity contribution in [3.63, 3.8) is 0 Å². The largest absolute Gasteiger partial charge is 0.0921 e. The van der Waals surface area contributed by atoms with Gasteiger partial charge in [0.25, 0.3) is 0 Å². The van der Waals surface area contributed by atoms with Gasteiger partial charge in [0.1, 0.15) is 0 Å². The Morgan fingerprint density at radius 2 is 2.00 bits per heavy atom. The molecule has 0 aliphatic carbocycles. The topological polar surface area (TPSA) is 48.8 Å². The predicted molar refractivity (Wildman–Crippen MR) is 68.5 cm³/mol. The van der Waals surface area contributed by atoms with Gasteiger partial charge in [-0.15, -0.1) is 0 Å². The Morgan fingerprint density at radius 3 is 2.36 bits per heavy atom. The second-order valence-electron chi connectivity index (χ2n) is 4.68. The summed E-state index contributed by atoms with van der Waals surface area (Å²) in [6.45, 7) is 9.03. The van der Waals surface area contributed by atoms with E-state index in [4.69, 9.17) is 5.53 Å². The summed E-state index contributed by atoms with van der Waals surface area (Å²) in [5.41, 5.74) is 8.50. The number of rotatable bonds is 6. The van der Waals surface area contributed by atoms with Gasteiger partial charge in [-0.2, -0.15) is 0 Å². The van der Waals surface area contributed by atoms with E-state index < -0.39 is 8.07 Å². The zero-order valence-corrected chi connectivity index (χ0v) is 12.1. The molecule has 0 aliphatic heterocycles. The molecule has 0 saturated heterocycles. The van der Waals surface area contributed by atoms with Crippen LogP contribution in [0.4, 0.5) is 0 Å². The Kier molecular flexibility index (Phi) is 6.49. The van der Waals surface area contributed by atoms with Gasteiger partial charge < -0.3 is 0 Å². The second kappa shape index (κ2) is 6.48. The van der Waals surface area contributed by atoms with Crippen LogP contribution < -0.4 is 0 Å². The van der Waals surface area contributed by atoms with Crippen LogP contribution in [0.15, 0.2) is 5.11 Å². The minimum Gasteiger partial charge on any atom is -0.0921 e. The normalized spacial score (nSPS) is 15.8. The molecule has 0 bridgehead atoms. The smallest absolute Gasteiger partial charge is 0.0600 e. The first-order chi connectivity index (χ1) is 6.43. The maximum absolute atomic E-state index is 8.50. The van der Waals surface area contributed by atoms with Gasteiger partial charge in [-0.1, -0.05) is 60.5 Å². The molecule has 0 N–H and O–H groups in total. The number of halogens is 1. The van der Waals surface area contributed by atoms with Gasteiger partial charge >= 0.3 is 0 Å². The predicted octanol–water partition coefficient (Wildman–Crippen LogP) is 4.50. The van der Waals surface area contributed by atoms with Crippen molar-refractivity contribution in [1.29, 1.82) is 0 Å². The highest BCUT2D eigenvalue weighted by molar-refractivity contribution is 9.10. The molecule has 0 aromatic rings. The van der Waals surface area contributed by atoms with E-state index in [9.17, 15) is 0 Å². The van der Waals surface area contributed by atoms with Crippen LogP contribution in [-0.4, -0.2) is 18.6 Å². The summed E-state index contributed by atoms with van der Waals surface area (Å²) in [6, 6.07) is 0.131. The number of hydrogen-bond acceptors (Lipinski definition) is 1. The van der Waals surface area contributed by atoms with Crippen molar-refractivity contribution >= 4 is 24.0 Å². The first-order valence-corrected chi connectivity index (χ1v) is 9.61. The van der Waals surface area contributed by atoms with Crippen molar-refractivity contribution in [3.05, 3.63) is 10.4 Å². The van der Waals surface area contributed by atoms with E-state index in [0.717, 1.165) is 19.3 Å². The molecule has 2 atom stereocenters. The van der Waals surface area contributed by atoms with E-state index >= 15 is 0 Å². The number of azide groups is 1. The summed E-state index contributed by atoms with van der Waals surface area (Å²) in [7, 11) is -1.26. The number of unbranched alkanes of at least 4 members (excludes halogenated alkanes) is 1. The Balaban J connectivity index is 4.40. The van der Waals surface area contributed by atoms with Gasteiger partial charge in [-0.25, -0.2) is 0 Å². The molecule has 5 heteroatoms. The molecule has 3 nitrogen and oxygen atoms in total. The van der Waals surface area contributed by atoms with E-state index in [1.54, 1.807) is 0 Å². The summed E-state index contributed by atoms with van der Waals surface area (Å²) in [5, 5.41) is 3.90. The highest BCUT2D eigenvalue weighted by atomic mass is 79.9. The third-order valence-electron chi connectivity index (χ3n) is 2.22. The van der Waals surface area contributed by atoms with Crippen molar-refractivity contribution in [1.82, 2.24) is 0 Å². The van der Waals surface area contributed by atoms with Crippen LogP contribution in [0.3, 0.4) is 0 Å². The van der Waals surface area contributed by atoms with Crippen LogP contribution in [-0.2, 0) is 0 Å². The van der Waals surface area contributed by atoms with Crippen LogP contribution in [0.1, 0.15) is 26.2 Å². The van der Waals surface area contributed by atoms with E-state index in [1.165, 1.54) is 0 Å². The molecule has 0 radical (unpaired) electrons. The number of nitrogens with zero attached hydrogens (tertiary/aromatic N) is 3. The van der Waals surface area contributed by atoms with Crippen LogP contribution in [0.25, 0.3) is 10.4 Å². The molecule has 0 aromatic carbocycles. The lowest BCUT2D eigenvalue weighted by Crippen LogP contribution is -2.41. The lowest BCUT2D eigenvalue weighted by Gasteiger charge is -2.28. The quantitative estimate of drug-likeness (QED) is 0.226. The summed E-state index contributed by atoms with van der Waals surface area (Å²) in [5.74, 6) is 0. The Bertz CT molecular complexity index is 209. The van der Waals surface area contributed by atoms with Gasteiger partial charge in [-0.05, 0) is 12.0 Å². The van der Waals surface area contributed by atoms with Gasteiger partial charge in [0.05, 0.1) is 8.07 Å². The minimum atomic E-state index is -1.26. The number of hydrogen-bond donors (Lipinski definition) is 0. The Morgan fingerprint density at radius 1 is 1.43 bits per heavy atom. The van der Waals surface area contributed by atoms with Crippen molar-refractivity contribution in [2.24, 2.45) is 5.11 Å². The molecule has 0 heterocycles. The summed E-state index contributed by atoms with van der Waals surface area (Å²) < 4.78 is 0.387. The average molecular weight is 278 g/mol. The van der Waals surface area contributed by atoms with Gasteiger partial charge in [0, 0.05) is 15.4 Å². The van der Waals surface area contributed by atoms with E-state index in [-0.39, 0.29) is 6.04 Å². The fraction of sp³-hybridized carbons (Fsp3) is 1.00. The highest BCUT2D eigenvalue weighted by Gasteiger charge is 2.30. The maximum atomic E-state index is 8.50. The zero-order valence-electron chi connectivity index (χ0n) is 9.50. The molecule has 0 saturated carbocycles. The third kappa shape index (κ3) is 5.03. The summed E-state index contributed by atoms with van der Waals surface area (Å²) in [4.78, 5) is 2.94. The van der Waals surface area contributed by atoms with Crippen molar-refractivity contribution < 1.29 is 0 Å². The Hall–Kier alpha value is 0.00688. The van der Waals surface area contributed by atoms with E-state index in [2.05, 4.69) is 52.5 Å². The van der Waals surface area contributed by atoms with Crippen LogP contribution in [0, 0.1) is 0 Å². The molecule has 2 unspecified atom stereocenters. The molecule has 0 spiro atoms. The van der Waals surface area contributed by atoms with Crippen molar-refractivity contribution in [2.75, 3.05) is 0 Å². The van der Waals surface area contributed by atoms with Gasteiger partial charge in [-0.3, -0.25) is 0 Å². The zero-order chi connectivity index (χ0) is 11.2. The van der Waals surface area contributed by atoms with Gasteiger partial charge in [0.2, 0.25) is 0 Å². The van der Waals surface area contributed by atoms with Crippen LogP contribution in [0.5, 0.6) is 0 Å². The summed E-state index contributed by atoms with van der Waals surface area (Å²) in [6.07, 6.45) is 3.29. The molecular formula is C9H20BrN3Si. The molecule has 0 rings (SSSR count). The SMILES string of the molecule is CCCCC(N=[N+]=[N-])C(Br)[Si](C)(C)C. The Labute approximate surface area is 96.0 Å². The van der Waals surface area contributed by atoms with Crippen LogP contribution in [0.2, 0.25) is 19.6 Å². The van der Waals surface area contributed by atoms with Crippen molar-refractivity contribution in [2.45, 2.75) is 56.3 Å². The monoisotopic (exact) mass is 277 g/mol. The fourth-order valence-corrected chi connectivity index (χ4v) is 3.08. The fourth-order valence-electron chi connectivity index (χ4n) is 1.32. The van der Waals surface area contributed by atoms with Crippen LogP contribution >= 0.6 is 15.9 Å². The number of alkyl halides is 1. The molecule has 14 heavy (non-hydrogen) atoms. The standard InChI is InChI=1S/C9H20BrN3Si/c1-5-6-7-8(12-13-11)9(10)14(2,3)4/h8-9H,5-7H2,1-4H3.